The quantitative estimate of drug-likeness (QED) is 0.925. The van der Waals surface area contributed by atoms with Gasteiger partial charge in [0.05, 0.1) is 5.92 Å². The summed E-state index contributed by atoms with van der Waals surface area (Å²) in [4.78, 5) is 25.1. The van der Waals surface area contributed by atoms with Crippen LogP contribution < -0.4 is 4.74 Å². The van der Waals surface area contributed by atoms with Crippen molar-refractivity contribution in [1.82, 2.24) is 4.90 Å². The van der Waals surface area contributed by atoms with Crippen LogP contribution in [0.2, 0.25) is 0 Å². The Bertz CT molecular complexity index is 585. The molecule has 0 aromatic heterocycles. The normalized spacial score (nSPS) is 21.8. The molecule has 5 nitrogen and oxygen atoms in total. The first-order valence-electron chi connectivity index (χ1n) is 7.08. The highest BCUT2D eigenvalue weighted by atomic mass is 19.4. The molecule has 1 heterocycles. The van der Waals surface area contributed by atoms with E-state index in [-0.39, 0.29) is 5.56 Å². The highest BCUT2D eigenvalue weighted by Crippen LogP contribution is 2.27. The molecule has 1 aromatic carbocycles. The van der Waals surface area contributed by atoms with Gasteiger partial charge in [-0.25, -0.2) is 0 Å². The number of carbonyl (C=O) groups is 2. The molecule has 1 N–H and O–H groups in total. The third-order valence-corrected chi connectivity index (χ3v) is 3.90. The molecule has 1 saturated heterocycles. The minimum atomic E-state index is -4.79. The number of nitrogens with zero attached hydrogens (tertiary/aromatic N) is 1. The largest absolute Gasteiger partial charge is 0.573 e. The fourth-order valence-electron chi connectivity index (χ4n) is 2.72. The Labute approximate surface area is 130 Å². The number of carbonyl (C=O) groups excluding carboxylic acids is 1. The molecule has 1 amide bonds. The van der Waals surface area contributed by atoms with E-state index in [0.29, 0.717) is 19.4 Å². The van der Waals surface area contributed by atoms with Crippen LogP contribution in [0.25, 0.3) is 0 Å². The molecule has 8 heteroatoms. The van der Waals surface area contributed by atoms with Crippen LogP contribution in [0, 0.1) is 5.92 Å². The lowest BCUT2D eigenvalue weighted by molar-refractivity contribution is -0.274. The van der Waals surface area contributed by atoms with Crippen LogP contribution >= 0.6 is 0 Å². The molecule has 126 valence electrons. The van der Waals surface area contributed by atoms with Crippen LogP contribution in [-0.2, 0) is 4.79 Å². The first kappa shape index (κ1) is 17.1. The molecule has 2 atom stereocenters. The van der Waals surface area contributed by atoms with Crippen LogP contribution in [0.3, 0.4) is 0 Å². The average Bonchev–Trinajstić information content (AvgIpc) is 2.45. The van der Waals surface area contributed by atoms with Gasteiger partial charge in [0.25, 0.3) is 5.91 Å². The van der Waals surface area contributed by atoms with E-state index in [1.165, 1.54) is 17.0 Å². The van der Waals surface area contributed by atoms with Gasteiger partial charge in [0.2, 0.25) is 0 Å². The molecule has 1 aromatic rings. The van der Waals surface area contributed by atoms with E-state index in [1.807, 2.05) is 0 Å². The maximum absolute atomic E-state index is 12.4. The highest BCUT2D eigenvalue weighted by molar-refractivity contribution is 5.95. The van der Waals surface area contributed by atoms with Gasteiger partial charge in [-0.05, 0) is 44.0 Å². The number of ether oxygens (including phenoxy) is 1. The predicted molar refractivity (Wildman–Crippen MR) is 74.0 cm³/mol. The Kier molecular flexibility index (Phi) is 4.82. The number of benzene rings is 1. The Morgan fingerprint density at radius 1 is 1.26 bits per heavy atom. The second-order valence-corrected chi connectivity index (χ2v) is 5.40. The van der Waals surface area contributed by atoms with Crippen molar-refractivity contribution < 1.29 is 32.6 Å². The van der Waals surface area contributed by atoms with Gasteiger partial charge in [0.15, 0.2) is 0 Å². The van der Waals surface area contributed by atoms with Gasteiger partial charge in [0.1, 0.15) is 5.75 Å². The van der Waals surface area contributed by atoms with E-state index in [0.717, 1.165) is 12.1 Å². The highest BCUT2D eigenvalue weighted by Gasteiger charge is 2.36. The van der Waals surface area contributed by atoms with E-state index in [1.54, 1.807) is 6.92 Å². The van der Waals surface area contributed by atoms with Crippen molar-refractivity contribution in [1.29, 1.82) is 0 Å². The number of carboxylic acid groups (broad SMARTS) is 1. The van der Waals surface area contributed by atoms with Crippen molar-refractivity contribution in [3.05, 3.63) is 29.8 Å². The summed E-state index contributed by atoms with van der Waals surface area (Å²) >= 11 is 0. The van der Waals surface area contributed by atoms with Crippen molar-refractivity contribution in [2.45, 2.75) is 32.2 Å². The van der Waals surface area contributed by atoms with E-state index in [2.05, 4.69) is 4.74 Å². The average molecular weight is 331 g/mol. The molecular weight excluding hydrogens is 315 g/mol. The number of carboxylic acids is 1. The lowest BCUT2D eigenvalue weighted by Gasteiger charge is -2.37. The lowest BCUT2D eigenvalue weighted by Crippen LogP contribution is -2.49. The minimum Gasteiger partial charge on any atom is -0.481 e. The monoisotopic (exact) mass is 331 g/mol. The Balaban J connectivity index is 2.12. The van der Waals surface area contributed by atoms with Crippen molar-refractivity contribution in [3.8, 4) is 5.75 Å². The summed E-state index contributed by atoms with van der Waals surface area (Å²) in [6.07, 6.45) is -3.72. The maximum Gasteiger partial charge on any atom is 0.573 e. The minimum absolute atomic E-state index is 0.192. The maximum atomic E-state index is 12.4. The van der Waals surface area contributed by atoms with Crippen LogP contribution in [0.1, 0.15) is 30.1 Å². The second kappa shape index (κ2) is 6.47. The Hall–Kier alpha value is -2.25. The summed E-state index contributed by atoms with van der Waals surface area (Å²) < 4.78 is 40.1. The zero-order valence-corrected chi connectivity index (χ0v) is 12.3. The smallest absolute Gasteiger partial charge is 0.481 e. The van der Waals surface area contributed by atoms with Gasteiger partial charge in [-0.2, -0.15) is 0 Å². The summed E-state index contributed by atoms with van der Waals surface area (Å²) in [6.45, 7) is 2.08. The molecule has 0 bridgehead atoms. The van der Waals surface area contributed by atoms with Crippen molar-refractivity contribution in [2.24, 2.45) is 5.92 Å². The molecule has 0 spiro atoms. The van der Waals surface area contributed by atoms with E-state index in [9.17, 15) is 22.8 Å². The predicted octanol–water partition coefficient (Wildman–Crippen LogP) is 2.91. The van der Waals surface area contributed by atoms with Crippen LogP contribution in [0.5, 0.6) is 5.75 Å². The van der Waals surface area contributed by atoms with Gasteiger partial charge < -0.3 is 14.7 Å². The van der Waals surface area contributed by atoms with Crippen LogP contribution in [0.15, 0.2) is 24.3 Å². The van der Waals surface area contributed by atoms with Gasteiger partial charge in [0, 0.05) is 18.2 Å². The van der Waals surface area contributed by atoms with Crippen LogP contribution in [0.4, 0.5) is 13.2 Å². The number of hydrogen-bond acceptors (Lipinski definition) is 3. The molecular formula is C15H16F3NO4. The lowest BCUT2D eigenvalue weighted by atomic mass is 9.90. The third kappa shape index (κ3) is 4.14. The number of halogens is 3. The van der Waals surface area contributed by atoms with Crippen molar-refractivity contribution in [2.75, 3.05) is 6.54 Å². The fourth-order valence-corrected chi connectivity index (χ4v) is 2.72. The molecule has 0 aliphatic carbocycles. The zero-order valence-electron chi connectivity index (χ0n) is 12.3. The van der Waals surface area contributed by atoms with Crippen molar-refractivity contribution >= 4 is 11.9 Å². The van der Waals surface area contributed by atoms with Gasteiger partial charge in [-0.15, -0.1) is 13.2 Å². The number of rotatable bonds is 3. The third-order valence-electron chi connectivity index (χ3n) is 3.90. The number of likely N-dealkylation sites (tertiary alicyclic amines) is 1. The van der Waals surface area contributed by atoms with E-state index >= 15 is 0 Å². The number of amides is 1. The first-order chi connectivity index (χ1) is 10.7. The van der Waals surface area contributed by atoms with Crippen LogP contribution in [-0.4, -0.2) is 40.8 Å². The Morgan fingerprint density at radius 2 is 1.87 bits per heavy atom. The molecule has 0 saturated carbocycles. The van der Waals surface area contributed by atoms with Gasteiger partial charge >= 0.3 is 12.3 Å². The molecule has 1 aliphatic rings. The summed E-state index contributed by atoms with van der Waals surface area (Å²) in [5.41, 5.74) is 0.192. The standard InChI is InChI=1S/C15H16F3NO4/c1-9-12(14(21)22)3-2-8-19(9)13(20)10-4-6-11(7-5-10)23-15(16,17)18/h4-7,9,12H,2-3,8H2,1H3,(H,21,22)/t9-,12-/m1/s1. The summed E-state index contributed by atoms with van der Waals surface area (Å²) in [5, 5.41) is 9.16. The summed E-state index contributed by atoms with van der Waals surface area (Å²) in [7, 11) is 0. The number of alkyl halides is 3. The van der Waals surface area contributed by atoms with E-state index < -0.39 is 35.9 Å². The summed E-state index contributed by atoms with van der Waals surface area (Å²) in [5.74, 6) is -2.41. The molecule has 0 unspecified atom stereocenters. The molecule has 23 heavy (non-hydrogen) atoms. The van der Waals surface area contributed by atoms with E-state index in [4.69, 9.17) is 5.11 Å². The number of piperidine rings is 1. The second-order valence-electron chi connectivity index (χ2n) is 5.40. The SMILES string of the molecule is C[C@@H]1[C@H](C(=O)O)CCCN1C(=O)c1ccc(OC(F)(F)F)cc1. The number of hydrogen-bond donors (Lipinski definition) is 1. The van der Waals surface area contributed by atoms with Gasteiger partial charge in [-0.3, -0.25) is 9.59 Å². The van der Waals surface area contributed by atoms with Gasteiger partial charge in [-0.1, -0.05) is 0 Å². The van der Waals surface area contributed by atoms with Crippen molar-refractivity contribution in [3.63, 3.8) is 0 Å². The molecule has 1 aliphatic heterocycles. The summed E-state index contributed by atoms with van der Waals surface area (Å²) in [6, 6.07) is 4.12. The topological polar surface area (TPSA) is 66.8 Å². The first-order valence-corrected chi connectivity index (χ1v) is 7.08. The molecule has 0 radical (unpaired) electrons. The fraction of sp³-hybridized carbons (Fsp3) is 0.467. The number of aliphatic carboxylic acids is 1. The molecule has 1 fully saturated rings. The Morgan fingerprint density at radius 3 is 2.39 bits per heavy atom. The molecule has 2 rings (SSSR count). The zero-order chi connectivity index (χ0) is 17.2.